The van der Waals surface area contributed by atoms with Crippen LogP contribution in [0.2, 0.25) is 0 Å². The number of nitrogens with zero attached hydrogens (tertiary/aromatic N) is 1. The summed E-state index contributed by atoms with van der Waals surface area (Å²) in [5, 5.41) is 9.79. The lowest BCUT2D eigenvalue weighted by Crippen LogP contribution is -2.37. The van der Waals surface area contributed by atoms with Crippen molar-refractivity contribution in [2.24, 2.45) is 0 Å². The quantitative estimate of drug-likeness (QED) is 0.811. The fraction of sp³-hybridized carbons (Fsp3) is 0.400. The van der Waals surface area contributed by atoms with Gasteiger partial charge in [0.25, 0.3) is 0 Å². The molecule has 0 spiro atoms. The fourth-order valence-electron chi connectivity index (χ4n) is 3.03. The fourth-order valence-corrected chi connectivity index (χ4v) is 3.03. The van der Waals surface area contributed by atoms with Crippen molar-refractivity contribution in [3.8, 4) is 5.75 Å². The molecule has 3 rings (SSSR count). The normalized spacial score (nSPS) is 23.6. The molecule has 3 nitrogen and oxygen atoms in total. The maximum atomic E-state index is 12.5. The maximum Gasteiger partial charge on any atom is 0.193 e. The number of ketones is 1. The highest BCUT2D eigenvalue weighted by atomic mass is 16.3. The first-order valence-electron chi connectivity index (χ1n) is 6.54. The number of hydrogen-bond acceptors (Lipinski definition) is 3. The zero-order valence-electron chi connectivity index (χ0n) is 10.3. The molecule has 0 aliphatic carbocycles. The summed E-state index contributed by atoms with van der Waals surface area (Å²) in [7, 11) is 0. The lowest BCUT2D eigenvalue weighted by atomic mass is 9.92. The molecule has 1 fully saturated rings. The molecule has 1 aromatic carbocycles. The lowest BCUT2D eigenvalue weighted by Gasteiger charge is -2.29. The predicted octanol–water partition coefficient (Wildman–Crippen LogP) is 2.37. The second-order valence-electron chi connectivity index (χ2n) is 4.99. The number of benzene rings is 1. The first-order chi connectivity index (χ1) is 8.77. The molecular formula is C15H17NO2. The average Bonchev–Trinajstić information content (AvgIpc) is 2.86. The van der Waals surface area contributed by atoms with Crippen molar-refractivity contribution >= 4 is 5.78 Å². The van der Waals surface area contributed by atoms with Gasteiger partial charge in [0.1, 0.15) is 5.75 Å². The number of para-hydroxylation sites is 1. The van der Waals surface area contributed by atoms with E-state index in [1.54, 1.807) is 24.3 Å². The van der Waals surface area contributed by atoms with Crippen LogP contribution in [0, 0.1) is 0 Å². The monoisotopic (exact) mass is 243 g/mol. The minimum absolute atomic E-state index is 0.00954. The molecule has 0 bridgehead atoms. The molecule has 1 saturated heterocycles. The van der Waals surface area contributed by atoms with Gasteiger partial charge in [0.2, 0.25) is 0 Å². The van der Waals surface area contributed by atoms with Gasteiger partial charge in [-0.3, -0.25) is 9.69 Å². The van der Waals surface area contributed by atoms with Crippen LogP contribution >= 0.6 is 0 Å². The number of phenolic OH excluding ortho intramolecular Hbond substituents is 1. The molecule has 0 radical (unpaired) electrons. The summed E-state index contributed by atoms with van der Waals surface area (Å²) in [6.07, 6.45) is 5.22. The molecule has 0 amide bonds. The van der Waals surface area contributed by atoms with Gasteiger partial charge in [0.05, 0.1) is 5.56 Å². The van der Waals surface area contributed by atoms with Crippen molar-refractivity contribution in [1.82, 2.24) is 4.90 Å². The Balaban J connectivity index is 1.93. The van der Waals surface area contributed by atoms with Gasteiger partial charge in [-0.25, -0.2) is 0 Å². The molecule has 3 heteroatoms. The van der Waals surface area contributed by atoms with Crippen LogP contribution in [-0.4, -0.2) is 34.9 Å². The van der Waals surface area contributed by atoms with Crippen LogP contribution in [0.25, 0.3) is 0 Å². The number of fused-ring (bicyclic) bond motifs is 1. The molecule has 2 aliphatic rings. The first-order valence-corrected chi connectivity index (χ1v) is 6.54. The predicted molar refractivity (Wildman–Crippen MR) is 69.7 cm³/mol. The van der Waals surface area contributed by atoms with Gasteiger partial charge in [-0.1, -0.05) is 18.2 Å². The molecule has 0 aromatic heterocycles. The van der Waals surface area contributed by atoms with Crippen molar-refractivity contribution < 1.29 is 9.90 Å². The average molecular weight is 243 g/mol. The smallest absolute Gasteiger partial charge is 0.193 e. The van der Waals surface area contributed by atoms with Gasteiger partial charge in [-0.05, 0) is 37.9 Å². The topological polar surface area (TPSA) is 40.5 Å². The number of aromatic hydroxyl groups is 1. The van der Waals surface area contributed by atoms with Crippen LogP contribution < -0.4 is 0 Å². The summed E-state index contributed by atoms with van der Waals surface area (Å²) < 4.78 is 0. The minimum atomic E-state index is -0.00954. The van der Waals surface area contributed by atoms with Gasteiger partial charge >= 0.3 is 0 Å². The van der Waals surface area contributed by atoms with E-state index in [-0.39, 0.29) is 17.6 Å². The molecule has 2 heterocycles. The van der Waals surface area contributed by atoms with Crippen molar-refractivity contribution in [2.45, 2.75) is 25.3 Å². The van der Waals surface area contributed by atoms with Crippen LogP contribution in [0.4, 0.5) is 0 Å². The third kappa shape index (κ3) is 1.85. The zero-order chi connectivity index (χ0) is 12.5. The van der Waals surface area contributed by atoms with E-state index >= 15 is 0 Å². The van der Waals surface area contributed by atoms with Crippen LogP contribution in [-0.2, 0) is 0 Å². The Bertz CT molecular complexity index is 507. The maximum absolute atomic E-state index is 12.5. The molecule has 18 heavy (non-hydrogen) atoms. The van der Waals surface area contributed by atoms with E-state index in [0.717, 1.165) is 37.9 Å². The van der Waals surface area contributed by atoms with E-state index in [0.29, 0.717) is 5.56 Å². The summed E-state index contributed by atoms with van der Waals surface area (Å²) in [6.45, 7) is 2.15. The lowest BCUT2D eigenvalue weighted by molar-refractivity contribution is 0.100. The van der Waals surface area contributed by atoms with Crippen molar-refractivity contribution in [3.05, 3.63) is 41.5 Å². The highest BCUT2D eigenvalue weighted by molar-refractivity contribution is 6.11. The second-order valence-corrected chi connectivity index (χ2v) is 4.99. The van der Waals surface area contributed by atoms with E-state index in [1.807, 2.05) is 0 Å². The van der Waals surface area contributed by atoms with Gasteiger partial charge in [0, 0.05) is 18.2 Å². The molecule has 1 atom stereocenters. The Hall–Kier alpha value is -1.61. The summed E-state index contributed by atoms with van der Waals surface area (Å²) in [6, 6.07) is 7.08. The van der Waals surface area contributed by atoms with Gasteiger partial charge in [0.15, 0.2) is 5.78 Å². The molecule has 2 aliphatic heterocycles. The number of carbonyl (C=O) groups excluding carboxylic acids is 1. The number of Topliss-reactive ketones (excluding diaryl/α,β-unsaturated/α-hetero) is 1. The summed E-state index contributed by atoms with van der Waals surface area (Å²) in [5.41, 5.74) is 1.30. The Morgan fingerprint density at radius 1 is 1.28 bits per heavy atom. The third-order valence-corrected chi connectivity index (χ3v) is 3.91. The van der Waals surface area contributed by atoms with E-state index in [2.05, 4.69) is 11.0 Å². The second kappa shape index (κ2) is 4.58. The van der Waals surface area contributed by atoms with Crippen molar-refractivity contribution in [1.29, 1.82) is 0 Å². The molecular weight excluding hydrogens is 226 g/mol. The highest BCUT2D eigenvalue weighted by Gasteiger charge is 2.33. The first kappa shape index (κ1) is 11.5. The Morgan fingerprint density at radius 3 is 2.94 bits per heavy atom. The number of carbonyl (C=O) groups is 1. The zero-order valence-corrected chi connectivity index (χ0v) is 10.3. The molecule has 1 aromatic rings. The largest absolute Gasteiger partial charge is 0.507 e. The van der Waals surface area contributed by atoms with Crippen LogP contribution in [0.3, 0.4) is 0 Å². The number of rotatable bonds is 2. The van der Waals surface area contributed by atoms with Crippen LogP contribution in [0.15, 0.2) is 35.9 Å². The standard InChI is InChI=1S/C15H17NO2/c17-14-8-2-1-5-12(14)15(18)11-6-3-9-16-10-4-7-13(11)16/h1-2,5-6,8,13,17H,3-4,7,9-10H2/t13-/m0/s1. The van der Waals surface area contributed by atoms with Gasteiger partial charge in [-0.2, -0.15) is 0 Å². The molecule has 94 valence electrons. The molecule has 1 N–H and O–H groups in total. The van der Waals surface area contributed by atoms with Crippen molar-refractivity contribution in [2.75, 3.05) is 13.1 Å². The van der Waals surface area contributed by atoms with E-state index in [1.165, 1.54) is 0 Å². The Morgan fingerprint density at radius 2 is 2.11 bits per heavy atom. The van der Waals surface area contributed by atoms with Crippen LogP contribution in [0.5, 0.6) is 5.75 Å². The molecule has 0 unspecified atom stereocenters. The number of phenols is 1. The summed E-state index contributed by atoms with van der Waals surface area (Å²) in [4.78, 5) is 14.9. The SMILES string of the molecule is O=C(C1=CCCN2CCC[C@@H]12)c1ccccc1O. The van der Waals surface area contributed by atoms with Gasteiger partial charge < -0.3 is 5.11 Å². The number of hydrogen-bond donors (Lipinski definition) is 1. The van der Waals surface area contributed by atoms with Crippen LogP contribution in [0.1, 0.15) is 29.6 Å². The summed E-state index contributed by atoms with van der Waals surface area (Å²) in [5.74, 6) is 0.0724. The van der Waals surface area contributed by atoms with E-state index in [9.17, 15) is 9.90 Å². The minimum Gasteiger partial charge on any atom is -0.507 e. The van der Waals surface area contributed by atoms with Gasteiger partial charge in [-0.15, -0.1) is 0 Å². The summed E-state index contributed by atoms with van der Waals surface area (Å²) >= 11 is 0. The van der Waals surface area contributed by atoms with E-state index in [4.69, 9.17) is 0 Å². The Kier molecular flexibility index (Phi) is 2.92. The highest BCUT2D eigenvalue weighted by Crippen LogP contribution is 2.31. The molecule has 0 saturated carbocycles. The van der Waals surface area contributed by atoms with Crippen molar-refractivity contribution in [3.63, 3.8) is 0 Å². The van der Waals surface area contributed by atoms with E-state index < -0.39 is 0 Å². The Labute approximate surface area is 107 Å². The third-order valence-electron chi connectivity index (χ3n) is 3.91.